The van der Waals surface area contributed by atoms with E-state index in [-0.39, 0.29) is 17.3 Å². The van der Waals surface area contributed by atoms with E-state index in [2.05, 4.69) is 22.5 Å². The Bertz CT molecular complexity index is 685. The molecule has 1 fully saturated rings. The van der Waals surface area contributed by atoms with Crippen LogP contribution in [0.4, 0.5) is 0 Å². The molecule has 0 saturated heterocycles. The summed E-state index contributed by atoms with van der Waals surface area (Å²) >= 11 is 0. The molecule has 0 radical (unpaired) electrons. The van der Waals surface area contributed by atoms with Crippen molar-refractivity contribution in [2.75, 3.05) is 0 Å². The van der Waals surface area contributed by atoms with Gasteiger partial charge in [0.05, 0.1) is 17.0 Å². The normalized spacial score (nSPS) is 24.6. The number of benzene rings is 1. The van der Waals surface area contributed by atoms with Gasteiger partial charge in [0.15, 0.2) is 0 Å². The third kappa shape index (κ3) is 1.52. The third-order valence-corrected chi connectivity index (χ3v) is 4.50. The maximum Gasteiger partial charge on any atom is 0.307 e. The van der Waals surface area contributed by atoms with Gasteiger partial charge in [-0.3, -0.25) is 4.79 Å². The largest absolute Gasteiger partial charge is 0.481 e. The maximum atomic E-state index is 11.3. The van der Waals surface area contributed by atoms with E-state index in [1.54, 1.807) is 0 Å². The SMILES string of the molecule is Cc1cccc2nc(C3C(C(=O)O)C3(C)C)n(C)c12. The maximum absolute atomic E-state index is 11.3. The predicted molar refractivity (Wildman–Crippen MR) is 73.1 cm³/mol. The van der Waals surface area contributed by atoms with Crippen LogP contribution in [0.3, 0.4) is 0 Å². The van der Waals surface area contributed by atoms with E-state index >= 15 is 0 Å². The first kappa shape index (κ1) is 12.2. The lowest BCUT2D eigenvalue weighted by molar-refractivity contribution is -0.139. The van der Waals surface area contributed by atoms with E-state index in [4.69, 9.17) is 0 Å². The second kappa shape index (κ2) is 3.59. The molecule has 1 aromatic carbocycles. The molecule has 1 N–H and O–H groups in total. The summed E-state index contributed by atoms with van der Waals surface area (Å²) < 4.78 is 2.06. The van der Waals surface area contributed by atoms with Crippen LogP contribution in [0.1, 0.15) is 31.2 Å². The standard InChI is InChI=1S/C15H18N2O2/c1-8-6-5-7-9-12(8)17(4)13(16-9)10-11(14(18)19)15(10,2)3/h5-7,10-11H,1-4H3,(H,18,19). The highest BCUT2D eigenvalue weighted by molar-refractivity contribution is 5.81. The summed E-state index contributed by atoms with van der Waals surface area (Å²) in [4.78, 5) is 16.0. The number of imidazole rings is 1. The molecule has 19 heavy (non-hydrogen) atoms. The van der Waals surface area contributed by atoms with Gasteiger partial charge >= 0.3 is 5.97 Å². The summed E-state index contributed by atoms with van der Waals surface area (Å²) in [5.41, 5.74) is 3.01. The summed E-state index contributed by atoms with van der Waals surface area (Å²) in [5, 5.41) is 9.30. The van der Waals surface area contributed by atoms with Crippen LogP contribution in [-0.2, 0) is 11.8 Å². The van der Waals surface area contributed by atoms with Crippen LogP contribution in [0.2, 0.25) is 0 Å². The van der Waals surface area contributed by atoms with Crippen molar-refractivity contribution in [1.29, 1.82) is 0 Å². The van der Waals surface area contributed by atoms with Crippen molar-refractivity contribution >= 4 is 17.0 Å². The van der Waals surface area contributed by atoms with Crippen LogP contribution in [-0.4, -0.2) is 20.6 Å². The Morgan fingerprint density at radius 2 is 2.11 bits per heavy atom. The second-order valence-corrected chi connectivity index (χ2v) is 6.09. The van der Waals surface area contributed by atoms with Crippen molar-refractivity contribution in [3.8, 4) is 0 Å². The average Bonchev–Trinajstić information content (AvgIpc) is 2.71. The lowest BCUT2D eigenvalue weighted by atomic mass is 10.1. The molecule has 0 aliphatic heterocycles. The number of hydrogen-bond acceptors (Lipinski definition) is 2. The number of fused-ring (bicyclic) bond motifs is 1. The highest BCUT2D eigenvalue weighted by Crippen LogP contribution is 2.64. The van der Waals surface area contributed by atoms with Crippen molar-refractivity contribution in [3.63, 3.8) is 0 Å². The Hall–Kier alpha value is -1.84. The molecule has 4 nitrogen and oxygen atoms in total. The Labute approximate surface area is 112 Å². The first-order chi connectivity index (χ1) is 8.85. The number of hydrogen-bond donors (Lipinski definition) is 1. The molecule has 3 rings (SSSR count). The zero-order chi connectivity index (χ0) is 13.9. The van der Waals surface area contributed by atoms with Crippen LogP contribution in [0.25, 0.3) is 11.0 Å². The molecule has 2 aromatic rings. The molecule has 2 atom stereocenters. The zero-order valence-electron chi connectivity index (χ0n) is 11.6. The number of carboxylic acid groups (broad SMARTS) is 1. The molecular formula is C15H18N2O2. The minimum Gasteiger partial charge on any atom is -0.481 e. The summed E-state index contributed by atoms with van der Waals surface area (Å²) in [6.45, 7) is 6.06. The van der Waals surface area contributed by atoms with Crippen molar-refractivity contribution in [1.82, 2.24) is 9.55 Å². The molecule has 1 heterocycles. The van der Waals surface area contributed by atoms with Gasteiger partial charge in [-0.15, -0.1) is 0 Å². The summed E-state index contributed by atoms with van der Waals surface area (Å²) in [6.07, 6.45) is 0. The van der Waals surface area contributed by atoms with E-state index in [9.17, 15) is 9.90 Å². The summed E-state index contributed by atoms with van der Waals surface area (Å²) in [5.74, 6) is -0.161. The van der Waals surface area contributed by atoms with E-state index in [0.717, 1.165) is 16.9 Å². The number of aryl methyl sites for hydroxylation is 2. The van der Waals surface area contributed by atoms with Crippen molar-refractivity contribution in [3.05, 3.63) is 29.6 Å². The van der Waals surface area contributed by atoms with Gasteiger partial charge in [0.1, 0.15) is 5.82 Å². The van der Waals surface area contributed by atoms with Crippen LogP contribution >= 0.6 is 0 Å². The number of nitrogens with zero attached hydrogens (tertiary/aromatic N) is 2. The van der Waals surface area contributed by atoms with Gasteiger partial charge in [0.2, 0.25) is 0 Å². The smallest absolute Gasteiger partial charge is 0.307 e. The van der Waals surface area contributed by atoms with Gasteiger partial charge in [0.25, 0.3) is 0 Å². The molecule has 1 aliphatic carbocycles. The number of para-hydroxylation sites is 1. The number of carbonyl (C=O) groups is 1. The first-order valence-corrected chi connectivity index (χ1v) is 6.50. The van der Waals surface area contributed by atoms with E-state index < -0.39 is 5.97 Å². The molecule has 2 unspecified atom stereocenters. The van der Waals surface area contributed by atoms with E-state index in [1.807, 2.05) is 33.0 Å². The Morgan fingerprint density at radius 1 is 1.42 bits per heavy atom. The zero-order valence-corrected chi connectivity index (χ0v) is 11.6. The van der Waals surface area contributed by atoms with Crippen LogP contribution in [0, 0.1) is 18.3 Å². The Kier molecular flexibility index (Phi) is 2.31. The van der Waals surface area contributed by atoms with Crippen molar-refractivity contribution < 1.29 is 9.90 Å². The summed E-state index contributed by atoms with van der Waals surface area (Å²) in [7, 11) is 1.98. The highest BCUT2D eigenvalue weighted by atomic mass is 16.4. The Balaban J connectivity index is 2.16. The molecular weight excluding hydrogens is 240 g/mol. The fraction of sp³-hybridized carbons (Fsp3) is 0.467. The van der Waals surface area contributed by atoms with Gasteiger partial charge in [-0.2, -0.15) is 0 Å². The fourth-order valence-electron chi connectivity index (χ4n) is 3.34. The quantitative estimate of drug-likeness (QED) is 0.901. The van der Waals surface area contributed by atoms with Crippen molar-refractivity contribution in [2.45, 2.75) is 26.7 Å². The minimum atomic E-state index is -0.723. The first-order valence-electron chi connectivity index (χ1n) is 6.50. The number of carboxylic acids is 1. The number of aromatic nitrogens is 2. The second-order valence-electron chi connectivity index (χ2n) is 6.09. The molecule has 0 spiro atoms. The number of rotatable bonds is 2. The summed E-state index contributed by atoms with van der Waals surface area (Å²) in [6, 6.07) is 6.03. The molecule has 1 saturated carbocycles. The van der Waals surface area contributed by atoms with Gasteiger partial charge in [-0.1, -0.05) is 26.0 Å². The van der Waals surface area contributed by atoms with E-state index in [1.165, 1.54) is 5.56 Å². The molecule has 1 aliphatic rings. The van der Waals surface area contributed by atoms with Crippen LogP contribution < -0.4 is 0 Å². The fourth-order valence-corrected chi connectivity index (χ4v) is 3.34. The topological polar surface area (TPSA) is 55.1 Å². The Morgan fingerprint density at radius 3 is 2.63 bits per heavy atom. The van der Waals surface area contributed by atoms with Gasteiger partial charge < -0.3 is 9.67 Å². The molecule has 0 bridgehead atoms. The van der Waals surface area contributed by atoms with Crippen molar-refractivity contribution in [2.24, 2.45) is 18.4 Å². The van der Waals surface area contributed by atoms with Crippen LogP contribution in [0.5, 0.6) is 0 Å². The lowest BCUT2D eigenvalue weighted by Gasteiger charge is -2.04. The molecule has 0 amide bonds. The minimum absolute atomic E-state index is 0.00167. The molecule has 1 aromatic heterocycles. The number of aliphatic carboxylic acids is 1. The predicted octanol–water partition coefficient (Wildman–Crippen LogP) is 2.71. The average molecular weight is 258 g/mol. The molecule has 4 heteroatoms. The van der Waals surface area contributed by atoms with Gasteiger partial charge in [-0.25, -0.2) is 4.98 Å². The lowest BCUT2D eigenvalue weighted by Crippen LogP contribution is -2.03. The van der Waals surface area contributed by atoms with E-state index in [0.29, 0.717) is 0 Å². The van der Waals surface area contributed by atoms with Crippen LogP contribution in [0.15, 0.2) is 18.2 Å². The molecule has 100 valence electrons. The highest BCUT2D eigenvalue weighted by Gasteiger charge is 2.64. The van der Waals surface area contributed by atoms with Gasteiger partial charge in [0, 0.05) is 13.0 Å². The van der Waals surface area contributed by atoms with Gasteiger partial charge in [-0.05, 0) is 24.0 Å². The monoisotopic (exact) mass is 258 g/mol. The third-order valence-electron chi connectivity index (χ3n) is 4.50.